The SMILES string of the molecule is COc1ccc2nc(C)c(NC(=O)NS(=O)(=O)c3ccc(C)cc3)c(Nc3ccc(Br)cc3F)c2c1. The Morgan fingerprint density at radius 2 is 1.72 bits per heavy atom. The number of carbonyl (C=O) groups is 1. The van der Waals surface area contributed by atoms with Gasteiger partial charge in [-0.25, -0.2) is 22.3 Å². The van der Waals surface area contributed by atoms with Crippen LogP contribution in [-0.4, -0.2) is 26.5 Å². The second kappa shape index (κ2) is 10.1. The van der Waals surface area contributed by atoms with Gasteiger partial charge in [0.1, 0.15) is 11.6 Å². The van der Waals surface area contributed by atoms with Gasteiger partial charge >= 0.3 is 6.03 Å². The second-order valence-corrected chi connectivity index (χ2v) is 10.6. The highest BCUT2D eigenvalue weighted by Gasteiger charge is 2.21. The maximum Gasteiger partial charge on any atom is 0.333 e. The van der Waals surface area contributed by atoms with Gasteiger partial charge in [-0.15, -0.1) is 0 Å². The van der Waals surface area contributed by atoms with E-state index in [2.05, 4.69) is 31.5 Å². The number of urea groups is 1. The molecular weight excluding hydrogens is 551 g/mol. The number of ether oxygens (including phenoxy) is 1. The first-order chi connectivity index (χ1) is 17.1. The van der Waals surface area contributed by atoms with E-state index in [1.54, 1.807) is 43.3 Å². The van der Waals surface area contributed by atoms with E-state index in [9.17, 15) is 17.6 Å². The van der Waals surface area contributed by atoms with Crippen molar-refractivity contribution in [1.29, 1.82) is 0 Å². The predicted octanol–water partition coefficient (Wildman–Crippen LogP) is 6.02. The number of carbonyl (C=O) groups excluding carboxylic acids is 1. The van der Waals surface area contributed by atoms with Gasteiger partial charge < -0.3 is 15.4 Å². The fraction of sp³-hybridized carbons (Fsp3) is 0.120. The van der Waals surface area contributed by atoms with Gasteiger partial charge in [0, 0.05) is 9.86 Å². The molecule has 0 saturated heterocycles. The molecule has 0 radical (unpaired) electrons. The fourth-order valence-corrected chi connectivity index (χ4v) is 4.78. The Hall–Kier alpha value is -3.70. The molecule has 0 bridgehead atoms. The summed E-state index contributed by atoms with van der Waals surface area (Å²) in [5.41, 5.74) is 2.46. The minimum atomic E-state index is -4.13. The number of aromatic nitrogens is 1. The summed E-state index contributed by atoms with van der Waals surface area (Å²) >= 11 is 3.23. The summed E-state index contributed by atoms with van der Waals surface area (Å²) in [6, 6.07) is 14.7. The van der Waals surface area contributed by atoms with E-state index >= 15 is 0 Å². The molecule has 3 aromatic carbocycles. The van der Waals surface area contributed by atoms with Crippen LogP contribution in [0.4, 0.5) is 26.2 Å². The molecule has 11 heteroatoms. The Kier molecular flexibility index (Phi) is 7.14. The standard InChI is InChI=1S/C25H22BrFN4O4S/c1-14-4-8-18(9-5-14)36(33,34)31-25(32)30-23-15(2)28-21-11-7-17(35-3)13-19(21)24(23)29-22-10-6-16(26)12-20(22)27/h4-13H,1-3H3,(H,28,29)(H2,30,31,32). The van der Waals surface area contributed by atoms with E-state index in [4.69, 9.17) is 4.74 Å². The Bertz CT molecular complexity index is 1580. The van der Waals surface area contributed by atoms with Crippen molar-refractivity contribution >= 4 is 59.9 Å². The number of methoxy groups -OCH3 is 1. The highest BCUT2D eigenvalue weighted by atomic mass is 79.9. The third kappa shape index (κ3) is 5.42. The predicted molar refractivity (Wildman–Crippen MR) is 141 cm³/mol. The Morgan fingerprint density at radius 3 is 2.39 bits per heavy atom. The third-order valence-corrected chi connectivity index (χ3v) is 7.20. The summed E-state index contributed by atoms with van der Waals surface area (Å²) < 4.78 is 48.0. The van der Waals surface area contributed by atoms with Crippen molar-refractivity contribution in [2.24, 2.45) is 0 Å². The molecule has 1 aromatic heterocycles. The maximum absolute atomic E-state index is 14.7. The first-order valence-electron chi connectivity index (χ1n) is 10.7. The van der Waals surface area contributed by atoms with E-state index in [0.29, 0.717) is 32.5 Å². The number of halogens is 2. The first-order valence-corrected chi connectivity index (χ1v) is 13.0. The lowest BCUT2D eigenvalue weighted by molar-refractivity contribution is 0.256. The second-order valence-electron chi connectivity index (χ2n) is 7.95. The lowest BCUT2D eigenvalue weighted by Gasteiger charge is -2.19. The number of benzene rings is 3. The number of pyridine rings is 1. The van der Waals surface area contributed by atoms with E-state index in [0.717, 1.165) is 5.56 Å². The van der Waals surface area contributed by atoms with Gasteiger partial charge in [-0.2, -0.15) is 0 Å². The molecule has 0 atom stereocenters. The zero-order valence-corrected chi connectivity index (χ0v) is 21.9. The molecular formula is C25H22BrFN4O4S. The van der Waals surface area contributed by atoms with Gasteiger partial charge in [-0.1, -0.05) is 33.6 Å². The molecule has 2 amide bonds. The fourth-order valence-electron chi connectivity index (χ4n) is 3.54. The van der Waals surface area contributed by atoms with Crippen molar-refractivity contribution in [2.75, 3.05) is 17.7 Å². The topological polar surface area (TPSA) is 109 Å². The summed E-state index contributed by atoms with van der Waals surface area (Å²) in [5.74, 6) is -0.0166. The molecule has 0 spiro atoms. The molecule has 8 nitrogen and oxygen atoms in total. The van der Waals surface area contributed by atoms with Crippen molar-refractivity contribution in [3.63, 3.8) is 0 Å². The van der Waals surface area contributed by atoms with Crippen LogP contribution < -0.4 is 20.1 Å². The van der Waals surface area contributed by atoms with Crippen LogP contribution in [0.3, 0.4) is 0 Å². The van der Waals surface area contributed by atoms with Gasteiger partial charge in [0.05, 0.1) is 40.3 Å². The summed E-state index contributed by atoms with van der Waals surface area (Å²) in [6.45, 7) is 3.47. The molecule has 1 heterocycles. The molecule has 186 valence electrons. The summed E-state index contributed by atoms with van der Waals surface area (Å²) in [7, 11) is -2.63. The van der Waals surface area contributed by atoms with Crippen LogP contribution in [0.25, 0.3) is 10.9 Å². The van der Waals surface area contributed by atoms with Crippen LogP contribution in [0.2, 0.25) is 0 Å². The molecule has 4 aromatic rings. The first kappa shape index (κ1) is 25.4. The highest BCUT2D eigenvalue weighted by molar-refractivity contribution is 9.10. The molecule has 0 fully saturated rings. The third-order valence-electron chi connectivity index (χ3n) is 5.36. The number of hydrogen-bond donors (Lipinski definition) is 3. The van der Waals surface area contributed by atoms with Gasteiger partial charge in [0.2, 0.25) is 0 Å². The van der Waals surface area contributed by atoms with Crippen LogP contribution in [0, 0.1) is 19.7 Å². The smallest absolute Gasteiger partial charge is 0.333 e. The van der Waals surface area contributed by atoms with Crippen LogP contribution >= 0.6 is 15.9 Å². The molecule has 4 rings (SSSR count). The molecule has 0 unspecified atom stereocenters. The van der Waals surface area contributed by atoms with Crippen molar-refractivity contribution < 1.29 is 22.3 Å². The van der Waals surface area contributed by atoms with Crippen LogP contribution in [0.5, 0.6) is 5.75 Å². The van der Waals surface area contributed by atoms with Crippen molar-refractivity contribution in [3.8, 4) is 5.75 Å². The van der Waals surface area contributed by atoms with Gasteiger partial charge in [-0.3, -0.25) is 4.98 Å². The van der Waals surface area contributed by atoms with Gasteiger partial charge in [0.25, 0.3) is 10.0 Å². The van der Waals surface area contributed by atoms with Crippen LogP contribution in [-0.2, 0) is 10.0 Å². The molecule has 0 aliphatic heterocycles. The van der Waals surface area contributed by atoms with E-state index in [1.807, 2.05) is 11.6 Å². The van der Waals surface area contributed by atoms with E-state index < -0.39 is 21.9 Å². The molecule has 3 N–H and O–H groups in total. The number of nitrogens with one attached hydrogen (secondary N) is 3. The quantitative estimate of drug-likeness (QED) is 0.261. The van der Waals surface area contributed by atoms with E-state index in [-0.39, 0.29) is 16.3 Å². The highest BCUT2D eigenvalue weighted by Crippen LogP contribution is 2.37. The Labute approximate surface area is 216 Å². The molecule has 36 heavy (non-hydrogen) atoms. The largest absolute Gasteiger partial charge is 0.497 e. The minimum Gasteiger partial charge on any atom is -0.497 e. The molecule has 0 aliphatic carbocycles. The maximum atomic E-state index is 14.7. The number of anilines is 3. The van der Waals surface area contributed by atoms with Crippen molar-refractivity contribution in [3.05, 3.63) is 82.2 Å². The lowest BCUT2D eigenvalue weighted by Crippen LogP contribution is -2.34. The van der Waals surface area contributed by atoms with Gasteiger partial charge in [0.15, 0.2) is 0 Å². The minimum absolute atomic E-state index is 0.0587. The summed E-state index contributed by atoms with van der Waals surface area (Å²) in [5, 5.41) is 6.12. The molecule has 0 aliphatic rings. The van der Waals surface area contributed by atoms with E-state index in [1.165, 1.54) is 31.4 Å². The normalized spacial score (nSPS) is 11.2. The zero-order chi connectivity index (χ0) is 26.0. The van der Waals surface area contributed by atoms with Crippen molar-refractivity contribution in [2.45, 2.75) is 18.7 Å². The number of hydrogen-bond acceptors (Lipinski definition) is 6. The number of sulfonamides is 1. The number of rotatable bonds is 6. The lowest BCUT2D eigenvalue weighted by atomic mass is 10.1. The average molecular weight is 573 g/mol. The number of amides is 2. The zero-order valence-electron chi connectivity index (χ0n) is 19.5. The average Bonchev–Trinajstić information content (AvgIpc) is 2.82. The summed E-state index contributed by atoms with van der Waals surface area (Å²) in [6.07, 6.45) is 0. The Morgan fingerprint density at radius 1 is 1.00 bits per heavy atom. The van der Waals surface area contributed by atoms with Crippen molar-refractivity contribution in [1.82, 2.24) is 9.71 Å². The number of fused-ring (bicyclic) bond motifs is 1. The molecule has 0 saturated carbocycles. The van der Waals surface area contributed by atoms with Crippen LogP contribution in [0.1, 0.15) is 11.3 Å². The number of aryl methyl sites for hydroxylation is 2. The number of nitrogens with zero attached hydrogens (tertiary/aromatic N) is 1. The van der Waals surface area contributed by atoms with Crippen LogP contribution in [0.15, 0.2) is 70.0 Å². The Balaban J connectivity index is 1.76. The van der Waals surface area contributed by atoms with Gasteiger partial charge in [-0.05, 0) is 62.4 Å². The summed E-state index contributed by atoms with van der Waals surface area (Å²) in [4.78, 5) is 17.3. The monoisotopic (exact) mass is 572 g/mol.